The summed E-state index contributed by atoms with van der Waals surface area (Å²) in [5, 5.41) is 6.74. The third-order valence-corrected chi connectivity index (χ3v) is 14.5. The minimum atomic E-state index is -1.71. The first-order valence-electron chi connectivity index (χ1n) is 15.5. The van der Waals surface area contributed by atoms with Crippen molar-refractivity contribution in [3.63, 3.8) is 0 Å². The van der Waals surface area contributed by atoms with E-state index in [1.54, 1.807) is 0 Å². The van der Waals surface area contributed by atoms with E-state index in [9.17, 15) is 0 Å². The fourth-order valence-electron chi connectivity index (χ4n) is 6.35. The van der Waals surface area contributed by atoms with Gasteiger partial charge in [-0.2, -0.15) is 0 Å². The molecule has 0 N–H and O–H groups in total. The summed E-state index contributed by atoms with van der Waals surface area (Å²) in [4.78, 5) is 9.08. The number of fused-ring (bicyclic) bond motifs is 6. The molecule has 4 aromatic carbocycles. The molecule has 3 aromatic heterocycles. The molecule has 0 spiro atoms. The van der Waals surface area contributed by atoms with E-state index >= 15 is 0 Å². The number of benzene rings is 4. The van der Waals surface area contributed by atoms with Crippen LogP contribution >= 0.6 is 0 Å². The Labute approximate surface area is 287 Å². The topological polar surface area (TPSA) is 38.9 Å². The molecule has 6 heteroatoms. The number of furan rings is 1. The average molecular weight is 809 g/mol. The van der Waals surface area contributed by atoms with Crippen molar-refractivity contribution < 1.29 is 24.5 Å². The summed E-state index contributed by atoms with van der Waals surface area (Å²) in [5.41, 5.74) is 9.59. The largest absolute Gasteiger partial charge is 0.501 e. The Kier molecular flexibility index (Phi) is 8.59. The Hall–Kier alpha value is -3.94. The van der Waals surface area contributed by atoms with Gasteiger partial charge in [-0.25, -0.2) is 0 Å². The number of aryl methyl sites for hydroxylation is 1. The van der Waals surface area contributed by atoms with Crippen LogP contribution in [-0.2, 0) is 20.1 Å². The Balaban J connectivity index is 0.000000187. The fourth-order valence-corrected chi connectivity index (χ4v) is 10.5. The minimum absolute atomic E-state index is 0. The standard InChI is InChI=1S/C26H20NOSi.C14H16NSi.Ir/c1-16-11-12-27-22(13-16)19-9-6-8-18-20-15-25-21(14-23(20)28-26(18)19)17-7-4-5-10-24(17)29(25,2)3;1-16(2,3)13-9-10-14(15-11-13)12-7-5-4-6-8-12;/h4-8,10-15H,1-3H3;4-7,9-11H,1-3H3;/q2*-1;. The molecule has 1 aliphatic rings. The fraction of sp³-hybridized carbons (Fsp3) is 0.150. The predicted molar refractivity (Wildman–Crippen MR) is 194 cm³/mol. The van der Waals surface area contributed by atoms with E-state index < -0.39 is 16.1 Å². The average Bonchev–Trinajstić information content (AvgIpc) is 3.52. The van der Waals surface area contributed by atoms with E-state index in [-0.39, 0.29) is 20.1 Å². The van der Waals surface area contributed by atoms with E-state index in [4.69, 9.17) is 4.42 Å². The monoisotopic (exact) mass is 809 g/mol. The molecule has 0 fully saturated rings. The van der Waals surface area contributed by atoms with Gasteiger partial charge in [-0.05, 0) is 57.1 Å². The van der Waals surface area contributed by atoms with Gasteiger partial charge >= 0.3 is 0 Å². The molecule has 0 atom stereocenters. The first-order chi connectivity index (χ1) is 21.6. The number of hydrogen-bond donors (Lipinski definition) is 0. The molecule has 3 nitrogen and oxygen atoms in total. The van der Waals surface area contributed by atoms with E-state index in [1.807, 2.05) is 48.8 Å². The van der Waals surface area contributed by atoms with Crippen LogP contribution in [0.3, 0.4) is 0 Å². The van der Waals surface area contributed by atoms with Crippen LogP contribution in [0.15, 0.2) is 114 Å². The van der Waals surface area contributed by atoms with Crippen LogP contribution in [0.4, 0.5) is 0 Å². The number of aromatic nitrogens is 2. The van der Waals surface area contributed by atoms with Crippen molar-refractivity contribution in [3.05, 3.63) is 127 Å². The normalized spacial score (nSPS) is 13.0. The summed E-state index contributed by atoms with van der Waals surface area (Å²) in [7, 11) is -2.94. The molecule has 1 aliphatic heterocycles. The molecule has 46 heavy (non-hydrogen) atoms. The minimum Gasteiger partial charge on any atom is -0.501 e. The van der Waals surface area contributed by atoms with Gasteiger partial charge in [0.25, 0.3) is 0 Å². The molecule has 0 aliphatic carbocycles. The Morgan fingerprint density at radius 1 is 0.717 bits per heavy atom. The van der Waals surface area contributed by atoms with Crippen LogP contribution in [0.1, 0.15) is 5.56 Å². The molecule has 0 saturated heterocycles. The second kappa shape index (κ2) is 12.3. The van der Waals surface area contributed by atoms with Crippen LogP contribution in [0.2, 0.25) is 32.7 Å². The van der Waals surface area contributed by atoms with Crippen molar-refractivity contribution in [3.8, 4) is 33.6 Å². The molecule has 231 valence electrons. The number of pyridine rings is 2. The van der Waals surface area contributed by atoms with Crippen molar-refractivity contribution in [2.45, 2.75) is 39.7 Å². The van der Waals surface area contributed by atoms with Crippen molar-refractivity contribution in [1.29, 1.82) is 0 Å². The van der Waals surface area contributed by atoms with Gasteiger partial charge in [0.2, 0.25) is 0 Å². The molecule has 0 saturated carbocycles. The second-order valence-corrected chi connectivity index (χ2v) is 22.8. The molecule has 4 heterocycles. The van der Waals surface area contributed by atoms with Crippen molar-refractivity contribution in [2.75, 3.05) is 0 Å². The van der Waals surface area contributed by atoms with Gasteiger partial charge in [-0.1, -0.05) is 97.8 Å². The summed E-state index contributed by atoms with van der Waals surface area (Å²) in [6, 6.07) is 40.5. The second-order valence-electron chi connectivity index (χ2n) is 13.4. The summed E-state index contributed by atoms with van der Waals surface area (Å²) in [6.45, 7) is 14.0. The van der Waals surface area contributed by atoms with Crippen molar-refractivity contribution >= 4 is 53.6 Å². The maximum absolute atomic E-state index is 6.43. The number of hydrogen-bond acceptors (Lipinski definition) is 3. The van der Waals surface area contributed by atoms with E-state index in [2.05, 4.69) is 122 Å². The third-order valence-electron chi connectivity index (χ3n) is 8.92. The Morgan fingerprint density at radius 2 is 1.52 bits per heavy atom. The molecule has 8 rings (SSSR count). The zero-order valence-electron chi connectivity index (χ0n) is 27.0. The van der Waals surface area contributed by atoms with Gasteiger partial charge in [0.15, 0.2) is 0 Å². The van der Waals surface area contributed by atoms with Gasteiger partial charge in [0.1, 0.15) is 13.7 Å². The smallest absolute Gasteiger partial charge is 0.121 e. The van der Waals surface area contributed by atoms with Crippen molar-refractivity contribution in [1.82, 2.24) is 9.97 Å². The molecular formula is C40H36IrN2OSi2-2. The van der Waals surface area contributed by atoms with Gasteiger partial charge in [0, 0.05) is 37.9 Å². The van der Waals surface area contributed by atoms with Gasteiger partial charge in [-0.3, -0.25) is 0 Å². The molecule has 0 bridgehead atoms. The Bertz CT molecular complexity index is 2180. The molecule has 0 amide bonds. The van der Waals surface area contributed by atoms with Crippen LogP contribution in [0, 0.1) is 19.1 Å². The van der Waals surface area contributed by atoms with Gasteiger partial charge in [-0.15, -0.1) is 54.1 Å². The van der Waals surface area contributed by atoms with Crippen molar-refractivity contribution in [2.24, 2.45) is 0 Å². The Morgan fingerprint density at radius 3 is 2.24 bits per heavy atom. The van der Waals surface area contributed by atoms with Gasteiger partial charge in [0.05, 0.1) is 13.7 Å². The SMILES string of the molecule is C[Si](C)(C)c1ccc(-c2[c-]cccc2)nc1.Cc1ccnc(-c2[c-]ccc3c2oc2cc4c(cc23)[Si](C)(C)c2ccccc2-4)c1.[Ir]. The molecule has 1 radical (unpaired) electrons. The number of nitrogens with zero attached hydrogens (tertiary/aromatic N) is 2. The summed E-state index contributed by atoms with van der Waals surface area (Å²) >= 11 is 0. The van der Waals surface area contributed by atoms with E-state index in [0.717, 1.165) is 39.1 Å². The quantitative estimate of drug-likeness (QED) is 0.133. The zero-order chi connectivity index (χ0) is 31.3. The maximum Gasteiger partial charge on any atom is 0.121 e. The summed E-state index contributed by atoms with van der Waals surface area (Å²) in [6.07, 6.45) is 3.86. The van der Waals surface area contributed by atoms with Crippen LogP contribution in [0.5, 0.6) is 0 Å². The summed E-state index contributed by atoms with van der Waals surface area (Å²) < 4.78 is 6.43. The molecule has 0 unspecified atom stereocenters. The van der Waals surface area contributed by atoms with Crippen LogP contribution in [0.25, 0.3) is 55.6 Å². The number of rotatable bonds is 3. The third kappa shape index (κ3) is 5.76. The molecular weight excluding hydrogens is 773 g/mol. The summed E-state index contributed by atoms with van der Waals surface area (Å²) in [5.74, 6) is 0. The predicted octanol–water partition coefficient (Wildman–Crippen LogP) is 8.65. The van der Waals surface area contributed by atoms with Crippen LogP contribution < -0.4 is 15.6 Å². The van der Waals surface area contributed by atoms with E-state index in [1.165, 1.54) is 37.6 Å². The van der Waals surface area contributed by atoms with Gasteiger partial charge < -0.3 is 14.4 Å². The molecule has 7 aromatic rings. The zero-order valence-corrected chi connectivity index (χ0v) is 31.4. The first-order valence-corrected chi connectivity index (χ1v) is 22.0. The van der Waals surface area contributed by atoms with Crippen LogP contribution in [-0.4, -0.2) is 26.1 Å². The maximum atomic E-state index is 6.43. The first kappa shape index (κ1) is 32.0. The van der Waals surface area contributed by atoms with E-state index in [0.29, 0.717) is 0 Å².